The third kappa shape index (κ3) is 5.15. The van der Waals surface area contributed by atoms with E-state index in [-0.39, 0.29) is 58.4 Å². The number of aromatic nitrogens is 3. The minimum Gasteiger partial charge on any atom is -0.456 e. The molecule has 0 atom stereocenters. The Balaban J connectivity index is 1.19. The molecule has 0 radical (unpaired) electrons. The third-order valence-electron chi connectivity index (χ3n) is 10.5. The van der Waals surface area contributed by atoms with Crippen LogP contribution >= 0.6 is 22.7 Å². The number of thiophene rings is 2. The standard InChI is InChI=1S/C51H29N3OS2/c1-3-14-30(15-4-1)49-52-50(31-16-5-2-6-17-31)54-51(53-49)39-24-12-23-36-35-22-11-20-33(47(35)57-48(36)39)32-28-40(46-38-19-8-10-27-43(38)56-44(46)29-32)34-21-13-26-42-45(34)37-18-7-9-25-41(37)55-42/h1-29H/i11D,12D,20D,22D,23D,24D. The molecule has 266 valence electrons. The molecule has 4 heterocycles. The topological polar surface area (TPSA) is 51.8 Å². The monoisotopic (exact) mass is 769 g/mol. The van der Waals surface area contributed by atoms with Crippen molar-refractivity contribution in [2.24, 2.45) is 0 Å². The Bertz CT molecular complexity index is 3830. The number of hydrogen-bond acceptors (Lipinski definition) is 6. The van der Waals surface area contributed by atoms with E-state index in [0.29, 0.717) is 32.2 Å². The van der Waals surface area contributed by atoms with E-state index < -0.39 is 0 Å². The Morgan fingerprint density at radius 3 is 1.77 bits per heavy atom. The van der Waals surface area contributed by atoms with Crippen LogP contribution in [0.2, 0.25) is 0 Å². The predicted molar refractivity (Wildman–Crippen MR) is 240 cm³/mol. The molecule has 0 saturated carbocycles. The van der Waals surface area contributed by atoms with Gasteiger partial charge in [-0.3, -0.25) is 0 Å². The van der Waals surface area contributed by atoms with E-state index in [1.54, 1.807) is 11.3 Å². The SMILES string of the molecule is [2H]c1c([2H])c([2H])c2c(sc3c(-c4nc(-c5ccccc5)nc(-c5ccccc5)n4)c([2H])c([2H])c([2H])c32)c1-c1cc(-c2cccc3oc4ccccc4c23)c2c(c1)sc1ccccc12. The van der Waals surface area contributed by atoms with E-state index >= 15 is 0 Å². The second-order valence-corrected chi connectivity index (χ2v) is 15.9. The van der Waals surface area contributed by atoms with Crippen LogP contribution in [0.3, 0.4) is 0 Å². The molecule has 12 rings (SSSR count). The molecule has 8 aromatic carbocycles. The van der Waals surface area contributed by atoms with Crippen LogP contribution in [0, 0.1) is 0 Å². The van der Waals surface area contributed by atoms with Crippen molar-refractivity contribution in [2.45, 2.75) is 0 Å². The number of rotatable bonds is 5. The van der Waals surface area contributed by atoms with E-state index in [0.717, 1.165) is 64.4 Å². The van der Waals surface area contributed by atoms with Crippen molar-refractivity contribution in [3.63, 3.8) is 0 Å². The lowest BCUT2D eigenvalue weighted by atomic mass is 9.92. The van der Waals surface area contributed by atoms with E-state index in [1.807, 2.05) is 103 Å². The highest BCUT2D eigenvalue weighted by Gasteiger charge is 2.21. The smallest absolute Gasteiger partial charge is 0.165 e. The van der Waals surface area contributed by atoms with Gasteiger partial charge in [-0.15, -0.1) is 22.7 Å². The van der Waals surface area contributed by atoms with Crippen LogP contribution in [0.15, 0.2) is 180 Å². The van der Waals surface area contributed by atoms with Crippen molar-refractivity contribution < 1.29 is 12.6 Å². The van der Waals surface area contributed by atoms with E-state index in [4.69, 9.17) is 20.7 Å². The average molecular weight is 770 g/mol. The summed E-state index contributed by atoms with van der Waals surface area (Å²) in [6.07, 6.45) is 0. The number of para-hydroxylation sites is 1. The maximum absolute atomic E-state index is 9.57. The maximum Gasteiger partial charge on any atom is 0.165 e. The molecule has 0 amide bonds. The van der Waals surface area contributed by atoms with Crippen molar-refractivity contribution in [3.8, 4) is 56.4 Å². The first-order chi connectivity index (χ1) is 30.7. The Morgan fingerprint density at radius 2 is 1.02 bits per heavy atom. The molecule has 0 aliphatic rings. The minimum absolute atomic E-state index is 0.124. The lowest BCUT2D eigenvalue weighted by molar-refractivity contribution is 0.669. The largest absolute Gasteiger partial charge is 0.456 e. The molecule has 0 fully saturated rings. The summed E-state index contributed by atoms with van der Waals surface area (Å²) in [5.74, 6) is 0.906. The van der Waals surface area contributed by atoms with Gasteiger partial charge in [-0.05, 0) is 58.6 Å². The van der Waals surface area contributed by atoms with Crippen LogP contribution in [0.5, 0.6) is 0 Å². The fourth-order valence-electron chi connectivity index (χ4n) is 7.94. The van der Waals surface area contributed by atoms with Crippen LogP contribution in [-0.2, 0) is 0 Å². The summed E-state index contributed by atoms with van der Waals surface area (Å²) in [5.41, 5.74) is 6.24. The summed E-state index contributed by atoms with van der Waals surface area (Å²) in [4.78, 5) is 14.7. The van der Waals surface area contributed by atoms with Gasteiger partial charge in [0.1, 0.15) is 11.2 Å². The summed E-state index contributed by atoms with van der Waals surface area (Å²) in [7, 11) is 0. The molecule has 4 nitrogen and oxygen atoms in total. The molecule has 0 N–H and O–H groups in total. The second-order valence-electron chi connectivity index (χ2n) is 13.8. The number of nitrogens with zero attached hydrogens (tertiary/aromatic N) is 3. The predicted octanol–water partition coefficient (Wildman–Crippen LogP) is 14.8. The van der Waals surface area contributed by atoms with Gasteiger partial charge in [0, 0.05) is 67.8 Å². The van der Waals surface area contributed by atoms with Crippen LogP contribution in [0.4, 0.5) is 0 Å². The van der Waals surface area contributed by atoms with Crippen LogP contribution in [0.25, 0.3) is 119 Å². The Morgan fingerprint density at radius 1 is 0.404 bits per heavy atom. The highest BCUT2D eigenvalue weighted by atomic mass is 32.1. The van der Waals surface area contributed by atoms with E-state index in [9.17, 15) is 6.85 Å². The molecule has 6 heteroatoms. The van der Waals surface area contributed by atoms with Gasteiger partial charge < -0.3 is 4.42 Å². The van der Waals surface area contributed by atoms with Crippen molar-refractivity contribution in [1.29, 1.82) is 0 Å². The lowest BCUT2D eigenvalue weighted by Gasteiger charge is -2.11. The molecule has 0 saturated heterocycles. The minimum atomic E-state index is -0.350. The Hall–Kier alpha value is -6.99. The molecule has 0 aliphatic heterocycles. The van der Waals surface area contributed by atoms with Gasteiger partial charge in [0.05, 0.1) is 8.22 Å². The van der Waals surface area contributed by atoms with Gasteiger partial charge in [-0.1, -0.05) is 139 Å². The Labute approximate surface area is 343 Å². The molecular formula is C51H29N3OS2. The highest BCUT2D eigenvalue weighted by molar-refractivity contribution is 7.27. The van der Waals surface area contributed by atoms with Gasteiger partial charge in [0.25, 0.3) is 0 Å². The zero-order valence-electron chi connectivity index (χ0n) is 35.8. The summed E-state index contributed by atoms with van der Waals surface area (Å²) in [5, 5.41) is 4.66. The zero-order chi connectivity index (χ0) is 42.7. The molecule has 12 aromatic rings. The van der Waals surface area contributed by atoms with Crippen molar-refractivity contribution in [1.82, 2.24) is 15.0 Å². The quantitative estimate of drug-likeness (QED) is 0.175. The third-order valence-corrected chi connectivity index (χ3v) is 12.8. The number of benzene rings is 8. The van der Waals surface area contributed by atoms with Gasteiger partial charge in [0.15, 0.2) is 17.5 Å². The maximum atomic E-state index is 9.57. The molecular weight excluding hydrogens is 735 g/mol. The molecule has 0 spiro atoms. The normalized spacial score (nSPS) is 13.3. The summed E-state index contributed by atoms with van der Waals surface area (Å²) >= 11 is 2.89. The lowest BCUT2D eigenvalue weighted by Crippen LogP contribution is -2.00. The molecule has 57 heavy (non-hydrogen) atoms. The van der Waals surface area contributed by atoms with E-state index in [1.165, 1.54) is 11.3 Å². The average Bonchev–Trinajstić information content (AvgIpc) is 4.02. The van der Waals surface area contributed by atoms with Crippen molar-refractivity contribution in [2.75, 3.05) is 0 Å². The summed E-state index contributed by atoms with van der Waals surface area (Å²) < 4.78 is 65.4. The number of hydrogen-bond donors (Lipinski definition) is 0. The van der Waals surface area contributed by atoms with Crippen molar-refractivity contribution in [3.05, 3.63) is 176 Å². The zero-order valence-corrected chi connectivity index (χ0v) is 31.5. The number of fused-ring (bicyclic) bond motifs is 9. The first-order valence-electron chi connectivity index (χ1n) is 21.4. The first kappa shape index (κ1) is 26.8. The van der Waals surface area contributed by atoms with Gasteiger partial charge in [-0.25, -0.2) is 15.0 Å². The van der Waals surface area contributed by atoms with Crippen molar-refractivity contribution >= 4 is 85.0 Å². The highest BCUT2D eigenvalue weighted by Crippen LogP contribution is 2.49. The fourth-order valence-corrected chi connectivity index (χ4v) is 10.3. The number of furan rings is 1. The Kier molecular flexibility index (Phi) is 6.00. The molecule has 0 aliphatic carbocycles. The molecule has 4 aromatic heterocycles. The first-order valence-corrected chi connectivity index (χ1v) is 20.1. The van der Waals surface area contributed by atoms with Crippen LogP contribution in [0.1, 0.15) is 8.22 Å². The fraction of sp³-hybridized carbons (Fsp3) is 0. The molecule has 0 unspecified atom stereocenters. The summed E-state index contributed by atoms with van der Waals surface area (Å²) in [6, 6.07) is 44.0. The molecule has 0 bridgehead atoms. The van der Waals surface area contributed by atoms with Crippen LogP contribution < -0.4 is 0 Å². The van der Waals surface area contributed by atoms with Gasteiger partial charge in [0.2, 0.25) is 0 Å². The van der Waals surface area contributed by atoms with Crippen LogP contribution in [-0.4, -0.2) is 15.0 Å². The van der Waals surface area contributed by atoms with Gasteiger partial charge in [-0.2, -0.15) is 0 Å². The second kappa shape index (κ2) is 12.8. The van der Waals surface area contributed by atoms with Gasteiger partial charge >= 0.3 is 0 Å². The summed E-state index contributed by atoms with van der Waals surface area (Å²) in [6.45, 7) is 0. The van der Waals surface area contributed by atoms with E-state index in [2.05, 4.69) is 36.4 Å².